The van der Waals surface area contributed by atoms with Crippen molar-refractivity contribution in [1.82, 2.24) is 4.90 Å². The smallest absolute Gasteiger partial charge is 0.242 e. The monoisotopic (exact) mass is 338 g/mol. The summed E-state index contributed by atoms with van der Waals surface area (Å²) in [5.41, 5.74) is 0.928. The Bertz CT molecular complexity index is 603. The van der Waals surface area contributed by atoms with Crippen LogP contribution in [-0.4, -0.2) is 42.7 Å². The van der Waals surface area contributed by atoms with Crippen molar-refractivity contribution >= 4 is 34.5 Å². The molecule has 118 valence electrons. The van der Waals surface area contributed by atoms with Crippen LogP contribution in [0.4, 0.5) is 5.69 Å². The number of aliphatic hydroxyl groups excluding tert-OH is 1. The van der Waals surface area contributed by atoms with Crippen molar-refractivity contribution in [2.45, 2.75) is 6.54 Å². The number of halogens is 1. The van der Waals surface area contributed by atoms with Crippen molar-refractivity contribution in [3.8, 4) is 0 Å². The highest BCUT2D eigenvalue weighted by Crippen LogP contribution is 2.22. The molecule has 0 spiro atoms. The first-order chi connectivity index (χ1) is 10.6. The first-order valence-electron chi connectivity index (χ1n) is 6.99. The highest BCUT2D eigenvalue weighted by molar-refractivity contribution is 7.16. The van der Waals surface area contributed by atoms with Crippen molar-refractivity contribution in [3.05, 3.63) is 51.7 Å². The number of hydrogen-bond acceptors (Lipinski definition) is 4. The maximum Gasteiger partial charge on any atom is 0.242 e. The van der Waals surface area contributed by atoms with Crippen molar-refractivity contribution in [2.75, 3.05) is 31.6 Å². The maximum atomic E-state index is 12.4. The number of likely N-dealkylation sites (N-methyl/N-ethyl adjacent to an activating group) is 1. The van der Waals surface area contributed by atoms with Crippen LogP contribution < -0.4 is 4.90 Å². The lowest BCUT2D eigenvalue weighted by molar-refractivity contribution is -0.128. The van der Waals surface area contributed by atoms with E-state index in [2.05, 4.69) is 0 Å². The van der Waals surface area contributed by atoms with E-state index >= 15 is 0 Å². The molecule has 1 N–H and O–H groups in total. The van der Waals surface area contributed by atoms with E-state index in [1.165, 1.54) is 11.3 Å². The largest absolute Gasteiger partial charge is 0.395 e. The van der Waals surface area contributed by atoms with E-state index in [1.54, 1.807) is 11.9 Å². The third-order valence-electron chi connectivity index (χ3n) is 3.26. The van der Waals surface area contributed by atoms with E-state index in [1.807, 2.05) is 47.4 Å². The lowest BCUT2D eigenvalue weighted by atomic mass is 10.2. The summed E-state index contributed by atoms with van der Waals surface area (Å²) >= 11 is 7.39. The van der Waals surface area contributed by atoms with E-state index in [4.69, 9.17) is 11.6 Å². The van der Waals surface area contributed by atoms with Gasteiger partial charge >= 0.3 is 0 Å². The Morgan fingerprint density at radius 3 is 2.55 bits per heavy atom. The minimum atomic E-state index is 0.00169. The Balaban J connectivity index is 1.98. The third kappa shape index (κ3) is 4.73. The predicted octanol–water partition coefficient (Wildman–Crippen LogP) is 2.86. The number of rotatable bonds is 7. The average Bonchev–Trinajstić information content (AvgIpc) is 2.92. The molecule has 2 rings (SSSR count). The van der Waals surface area contributed by atoms with Gasteiger partial charge in [0.1, 0.15) is 0 Å². The molecule has 0 aliphatic carbocycles. The Hall–Kier alpha value is -1.56. The molecule has 0 saturated heterocycles. The van der Waals surface area contributed by atoms with Gasteiger partial charge in [0.2, 0.25) is 5.91 Å². The molecule has 0 aliphatic heterocycles. The fourth-order valence-corrected chi connectivity index (χ4v) is 3.24. The first kappa shape index (κ1) is 16.8. The Kier molecular flexibility index (Phi) is 6.24. The van der Waals surface area contributed by atoms with Crippen LogP contribution in [-0.2, 0) is 11.3 Å². The summed E-state index contributed by atoms with van der Waals surface area (Å²) in [6.07, 6.45) is 0. The molecular formula is C16H19ClN2O2S. The minimum absolute atomic E-state index is 0.00169. The Labute approximate surface area is 139 Å². The quantitative estimate of drug-likeness (QED) is 0.844. The van der Waals surface area contributed by atoms with Crippen LogP contribution in [0.15, 0.2) is 42.5 Å². The second-order valence-electron chi connectivity index (χ2n) is 4.94. The summed E-state index contributed by atoms with van der Waals surface area (Å²) < 4.78 is 0.724. The van der Waals surface area contributed by atoms with Crippen molar-refractivity contribution in [3.63, 3.8) is 0 Å². The van der Waals surface area contributed by atoms with Gasteiger partial charge in [-0.25, -0.2) is 0 Å². The molecule has 1 heterocycles. The number of hydrogen-bond donors (Lipinski definition) is 1. The van der Waals surface area contributed by atoms with Crippen molar-refractivity contribution < 1.29 is 9.90 Å². The van der Waals surface area contributed by atoms with Gasteiger partial charge in [-0.05, 0) is 24.3 Å². The fraction of sp³-hybridized carbons (Fsp3) is 0.312. The van der Waals surface area contributed by atoms with Crippen LogP contribution in [0.25, 0.3) is 0 Å². The van der Waals surface area contributed by atoms with E-state index in [0.717, 1.165) is 14.9 Å². The molecule has 0 aliphatic rings. The van der Waals surface area contributed by atoms with Gasteiger partial charge in [0.25, 0.3) is 0 Å². The SMILES string of the molecule is CN(Cc1ccc(Cl)s1)C(=O)CN(CCO)c1ccccc1. The number of carbonyl (C=O) groups excluding carboxylic acids is 1. The van der Waals surface area contributed by atoms with Crippen molar-refractivity contribution in [2.24, 2.45) is 0 Å². The highest BCUT2D eigenvalue weighted by atomic mass is 35.5. The zero-order chi connectivity index (χ0) is 15.9. The normalized spacial score (nSPS) is 10.5. The van der Waals surface area contributed by atoms with E-state index < -0.39 is 0 Å². The lowest BCUT2D eigenvalue weighted by Gasteiger charge is -2.26. The van der Waals surface area contributed by atoms with Gasteiger partial charge in [-0.15, -0.1) is 11.3 Å². The van der Waals surface area contributed by atoms with E-state index in [0.29, 0.717) is 13.1 Å². The number of nitrogens with zero attached hydrogens (tertiary/aromatic N) is 2. The zero-order valence-corrected chi connectivity index (χ0v) is 14.0. The van der Waals surface area contributed by atoms with Gasteiger partial charge in [0, 0.05) is 24.2 Å². The predicted molar refractivity (Wildman–Crippen MR) is 91.5 cm³/mol. The maximum absolute atomic E-state index is 12.4. The van der Waals surface area contributed by atoms with Crippen LogP contribution in [0.2, 0.25) is 4.34 Å². The molecule has 22 heavy (non-hydrogen) atoms. The van der Waals surface area contributed by atoms with Crippen molar-refractivity contribution in [1.29, 1.82) is 0 Å². The summed E-state index contributed by atoms with van der Waals surface area (Å²) in [6, 6.07) is 13.4. The molecule has 6 heteroatoms. The molecule has 0 atom stereocenters. The van der Waals surface area contributed by atoms with Crippen LogP contribution in [0.3, 0.4) is 0 Å². The zero-order valence-electron chi connectivity index (χ0n) is 12.4. The molecule has 1 amide bonds. The number of thiophene rings is 1. The molecule has 1 aromatic heterocycles. The summed E-state index contributed by atoms with van der Waals surface area (Å²) in [7, 11) is 1.78. The Morgan fingerprint density at radius 2 is 1.95 bits per heavy atom. The molecule has 0 saturated carbocycles. The molecule has 0 unspecified atom stereocenters. The topological polar surface area (TPSA) is 43.8 Å². The third-order valence-corrected chi connectivity index (χ3v) is 4.48. The molecule has 1 aromatic carbocycles. The fourth-order valence-electron chi connectivity index (χ4n) is 2.10. The van der Waals surface area contributed by atoms with Gasteiger partial charge in [0.15, 0.2) is 0 Å². The number of amides is 1. The van der Waals surface area contributed by atoms with Gasteiger partial charge in [-0.2, -0.15) is 0 Å². The summed E-state index contributed by atoms with van der Waals surface area (Å²) in [6.45, 7) is 1.21. The van der Waals surface area contributed by atoms with Gasteiger partial charge in [0.05, 0.1) is 24.0 Å². The first-order valence-corrected chi connectivity index (χ1v) is 8.18. The number of anilines is 1. The Morgan fingerprint density at radius 1 is 1.23 bits per heavy atom. The molecule has 0 fully saturated rings. The van der Waals surface area contributed by atoms with Crippen LogP contribution in [0, 0.1) is 0 Å². The van der Waals surface area contributed by atoms with Gasteiger partial charge < -0.3 is 14.9 Å². The minimum Gasteiger partial charge on any atom is -0.395 e. The highest BCUT2D eigenvalue weighted by Gasteiger charge is 2.15. The number of carbonyl (C=O) groups is 1. The second-order valence-corrected chi connectivity index (χ2v) is 6.74. The summed E-state index contributed by atoms with van der Waals surface area (Å²) in [5.74, 6) is 0.00169. The molecule has 0 radical (unpaired) electrons. The second kappa shape index (κ2) is 8.17. The molecule has 4 nitrogen and oxygen atoms in total. The number of para-hydroxylation sites is 1. The van der Waals surface area contributed by atoms with Crippen LogP contribution >= 0.6 is 22.9 Å². The van der Waals surface area contributed by atoms with E-state index in [9.17, 15) is 9.90 Å². The van der Waals surface area contributed by atoms with Crippen LogP contribution in [0.1, 0.15) is 4.88 Å². The molecule has 0 bridgehead atoms. The number of benzene rings is 1. The molecule has 2 aromatic rings. The standard InChI is InChI=1S/C16H19ClN2O2S/c1-18(11-14-7-8-15(17)22-14)16(21)12-19(9-10-20)13-5-3-2-4-6-13/h2-8,20H,9-12H2,1H3. The molecular weight excluding hydrogens is 320 g/mol. The number of aliphatic hydroxyl groups is 1. The van der Waals surface area contributed by atoms with E-state index in [-0.39, 0.29) is 19.1 Å². The van der Waals surface area contributed by atoms with Gasteiger partial charge in [-0.3, -0.25) is 4.79 Å². The van der Waals surface area contributed by atoms with Crippen LogP contribution in [0.5, 0.6) is 0 Å². The summed E-state index contributed by atoms with van der Waals surface area (Å²) in [4.78, 5) is 17.0. The summed E-state index contributed by atoms with van der Waals surface area (Å²) in [5, 5.41) is 9.21. The lowest BCUT2D eigenvalue weighted by Crippen LogP contribution is -2.39. The average molecular weight is 339 g/mol. The van der Waals surface area contributed by atoms with Gasteiger partial charge in [-0.1, -0.05) is 29.8 Å².